The second-order valence-electron chi connectivity index (χ2n) is 1.52. The molecule has 1 aliphatic heterocycles. The van der Waals surface area contributed by atoms with Gasteiger partial charge in [-0.15, -0.1) is 12.4 Å². The van der Waals surface area contributed by atoms with Crippen molar-refractivity contribution in [2.75, 3.05) is 0 Å². The van der Waals surface area contributed by atoms with Gasteiger partial charge in [-0.1, -0.05) is 18.2 Å². The van der Waals surface area contributed by atoms with Gasteiger partial charge in [0.1, 0.15) is 6.26 Å². The summed E-state index contributed by atoms with van der Waals surface area (Å²) < 4.78 is 0. The van der Waals surface area contributed by atoms with E-state index >= 15 is 0 Å². The fraction of sp³-hybridized carbons (Fsp3) is 0. The highest BCUT2D eigenvalue weighted by Gasteiger charge is 1.73. The van der Waals surface area contributed by atoms with Crippen LogP contribution in [0.3, 0.4) is 0 Å². The zero-order valence-electron chi connectivity index (χ0n) is 5.71. The van der Waals surface area contributed by atoms with Crippen molar-refractivity contribution in [3.05, 3.63) is 36.6 Å². The number of oxime groups is 1. The van der Waals surface area contributed by atoms with Crippen molar-refractivity contribution in [2.45, 2.75) is 0 Å². The van der Waals surface area contributed by atoms with Gasteiger partial charge in [0.05, 0.1) is 6.21 Å². The molecule has 0 aromatic heterocycles. The largest absolute Gasteiger partial charge is 0.276 e. The summed E-state index contributed by atoms with van der Waals surface area (Å²) in [6.45, 7) is 0. The van der Waals surface area contributed by atoms with Crippen LogP contribution in [-0.4, -0.2) is 6.21 Å². The summed E-state index contributed by atoms with van der Waals surface area (Å²) in [5.74, 6) is 0. The van der Waals surface area contributed by atoms with Gasteiger partial charge in [0, 0.05) is 0 Å². The van der Waals surface area contributed by atoms with Crippen molar-refractivity contribution >= 4 is 18.6 Å². The molecule has 3 nitrogen and oxygen atoms in total. The molecule has 1 aliphatic rings. The minimum absolute atomic E-state index is 0. The molecule has 0 spiro atoms. The lowest BCUT2D eigenvalue weighted by Gasteiger charge is -1.89. The number of nitrogens with zero attached hydrogens (tertiary/aromatic N) is 1. The van der Waals surface area contributed by atoms with Crippen molar-refractivity contribution in [2.24, 2.45) is 5.16 Å². The quantitative estimate of drug-likeness (QED) is 0.525. The Hall–Kier alpha value is -1.22. The fourth-order valence-corrected chi connectivity index (χ4v) is 0.429. The molecule has 0 saturated heterocycles. The molecule has 60 valence electrons. The Kier molecular flexibility index (Phi) is 6.13. The van der Waals surface area contributed by atoms with E-state index in [9.17, 15) is 0 Å². The zero-order valence-corrected chi connectivity index (χ0v) is 6.53. The highest BCUT2D eigenvalue weighted by Crippen LogP contribution is 1.86. The third kappa shape index (κ3) is 5.24. The first kappa shape index (κ1) is 9.78. The molecule has 0 amide bonds. The maximum Gasteiger partial charge on any atom is 0.145 e. The summed E-state index contributed by atoms with van der Waals surface area (Å²) in [5.41, 5.74) is 0. The number of hydrogen-bond acceptors (Lipinski definition) is 3. The third-order valence-corrected chi connectivity index (χ3v) is 0.812. The maximum atomic E-state index is 4.45. The molecular formula is C7H8ClNO2. The van der Waals surface area contributed by atoms with Gasteiger partial charge < -0.3 is 0 Å². The minimum atomic E-state index is 0. The van der Waals surface area contributed by atoms with Crippen LogP contribution in [0.1, 0.15) is 0 Å². The lowest BCUT2D eigenvalue weighted by Crippen LogP contribution is -1.77. The molecule has 1 heterocycles. The van der Waals surface area contributed by atoms with Gasteiger partial charge >= 0.3 is 0 Å². The van der Waals surface area contributed by atoms with E-state index in [0.717, 1.165) is 0 Å². The number of hydrogen-bond donors (Lipinski definition) is 0. The van der Waals surface area contributed by atoms with Crippen LogP contribution >= 0.6 is 12.4 Å². The van der Waals surface area contributed by atoms with Gasteiger partial charge in [0.25, 0.3) is 0 Å². The normalized spacial score (nSPS) is 26.2. The van der Waals surface area contributed by atoms with Crippen LogP contribution in [0.25, 0.3) is 0 Å². The van der Waals surface area contributed by atoms with Crippen molar-refractivity contribution in [1.82, 2.24) is 0 Å². The first-order valence-corrected chi connectivity index (χ1v) is 2.84. The Morgan fingerprint density at radius 2 is 1.64 bits per heavy atom. The summed E-state index contributed by atoms with van der Waals surface area (Å²) in [5, 5.41) is 3.41. The standard InChI is InChI=1S/C7H7NO2.ClH/c1-2-4-6-8-10-9-7-5-3-1;/h1-7H;1H/b3-1-,4-2-,7-5-,8-6-;. The first-order chi connectivity index (χ1) is 5.00. The average Bonchev–Trinajstić information content (AvgIpc) is 2.01. The Morgan fingerprint density at radius 3 is 2.55 bits per heavy atom. The van der Waals surface area contributed by atoms with Gasteiger partial charge in [-0.2, -0.15) is 4.99 Å². The van der Waals surface area contributed by atoms with Gasteiger partial charge in [0.2, 0.25) is 0 Å². The van der Waals surface area contributed by atoms with E-state index in [2.05, 4.69) is 15.0 Å². The second-order valence-corrected chi connectivity index (χ2v) is 1.52. The van der Waals surface area contributed by atoms with Crippen LogP contribution in [0.4, 0.5) is 0 Å². The highest BCUT2D eigenvalue weighted by molar-refractivity contribution is 5.85. The van der Waals surface area contributed by atoms with Crippen LogP contribution in [0.2, 0.25) is 0 Å². The van der Waals surface area contributed by atoms with Gasteiger partial charge in [-0.25, -0.2) is 0 Å². The monoisotopic (exact) mass is 173 g/mol. The molecule has 0 aromatic rings. The van der Waals surface area contributed by atoms with Gasteiger partial charge in [-0.05, 0) is 17.3 Å². The van der Waals surface area contributed by atoms with Gasteiger partial charge in [-0.3, -0.25) is 4.89 Å². The number of halogens is 1. The fourth-order valence-electron chi connectivity index (χ4n) is 0.429. The summed E-state index contributed by atoms with van der Waals surface area (Å²) in [7, 11) is 0. The van der Waals surface area contributed by atoms with Crippen molar-refractivity contribution in [3.8, 4) is 0 Å². The Bertz CT molecular complexity index is 175. The molecule has 1 rings (SSSR count). The molecule has 0 aromatic carbocycles. The number of allylic oxidation sites excluding steroid dienone is 5. The zero-order chi connectivity index (χ0) is 7.07. The predicted octanol–water partition coefficient (Wildman–Crippen LogP) is 1.98. The Labute approximate surface area is 71.0 Å². The Balaban J connectivity index is 0.000001000. The molecule has 0 N–H and O–H groups in total. The predicted molar refractivity (Wildman–Crippen MR) is 45.3 cm³/mol. The highest BCUT2D eigenvalue weighted by atomic mass is 35.5. The van der Waals surface area contributed by atoms with Crippen molar-refractivity contribution in [3.63, 3.8) is 0 Å². The van der Waals surface area contributed by atoms with E-state index in [4.69, 9.17) is 0 Å². The van der Waals surface area contributed by atoms with E-state index in [0.29, 0.717) is 0 Å². The van der Waals surface area contributed by atoms with Gasteiger partial charge in [0.15, 0.2) is 0 Å². The molecule has 0 saturated carbocycles. The summed E-state index contributed by atoms with van der Waals surface area (Å²) in [4.78, 5) is 8.75. The first-order valence-electron chi connectivity index (χ1n) is 2.84. The summed E-state index contributed by atoms with van der Waals surface area (Å²) >= 11 is 0. The molecule has 4 heteroatoms. The van der Waals surface area contributed by atoms with E-state index in [1.165, 1.54) is 12.5 Å². The second kappa shape index (κ2) is 6.89. The minimum Gasteiger partial charge on any atom is -0.276 e. The SMILES string of the molecule is C1=C\C=C/OO/N=C\C=C/1.Cl. The number of rotatable bonds is 0. The lowest BCUT2D eigenvalue weighted by atomic mass is 10.4. The molecular weight excluding hydrogens is 166 g/mol. The molecule has 0 fully saturated rings. The molecule has 11 heavy (non-hydrogen) atoms. The summed E-state index contributed by atoms with van der Waals surface area (Å²) in [6, 6.07) is 0. The molecule has 0 atom stereocenters. The maximum absolute atomic E-state index is 4.45. The van der Waals surface area contributed by atoms with Crippen LogP contribution in [0.15, 0.2) is 41.8 Å². The molecule has 0 bridgehead atoms. The van der Waals surface area contributed by atoms with Crippen molar-refractivity contribution in [1.29, 1.82) is 0 Å². The molecule has 0 aliphatic carbocycles. The van der Waals surface area contributed by atoms with E-state index < -0.39 is 0 Å². The smallest absolute Gasteiger partial charge is 0.145 e. The van der Waals surface area contributed by atoms with Crippen molar-refractivity contribution < 1.29 is 9.88 Å². The average molecular weight is 174 g/mol. The van der Waals surface area contributed by atoms with Crippen LogP contribution < -0.4 is 0 Å². The third-order valence-electron chi connectivity index (χ3n) is 0.812. The Morgan fingerprint density at radius 1 is 0.909 bits per heavy atom. The molecule has 0 radical (unpaired) electrons. The van der Waals surface area contributed by atoms with E-state index in [1.54, 1.807) is 12.2 Å². The van der Waals surface area contributed by atoms with E-state index in [1.807, 2.05) is 18.2 Å². The topological polar surface area (TPSA) is 30.8 Å². The van der Waals surface area contributed by atoms with Crippen LogP contribution in [-0.2, 0) is 9.88 Å². The molecule has 0 unspecified atom stereocenters. The van der Waals surface area contributed by atoms with E-state index in [-0.39, 0.29) is 12.4 Å². The van der Waals surface area contributed by atoms with Crippen LogP contribution in [0, 0.1) is 0 Å². The lowest BCUT2D eigenvalue weighted by molar-refractivity contribution is -0.248. The summed E-state index contributed by atoms with van der Waals surface area (Å²) in [6.07, 6.45) is 11.8. The van der Waals surface area contributed by atoms with Crippen LogP contribution in [0.5, 0.6) is 0 Å².